The van der Waals surface area contributed by atoms with Gasteiger partial charge in [0.05, 0.1) is 18.8 Å². The predicted octanol–water partition coefficient (Wildman–Crippen LogP) is 2.46. The molecule has 0 aromatic carbocycles. The van der Waals surface area contributed by atoms with E-state index >= 15 is 0 Å². The summed E-state index contributed by atoms with van der Waals surface area (Å²) < 4.78 is 10.4. The van der Waals surface area contributed by atoms with E-state index < -0.39 is 5.92 Å². The minimum Gasteiger partial charge on any atom is -0.469 e. The molecular weight excluding hydrogens is 232 g/mol. The van der Waals surface area contributed by atoms with Crippen LogP contribution in [0.15, 0.2) is 34.5 Å². The number of carbonyl (C=O) groups is 2. The van der Waals surface area contributed by atoms with E-state index in [0.717, 1.165) is 5.57 Å². The van der Waals surface area contributed by atoms with Gasteiger partial charge in [-0.05, 0) is 32.1 Å². The Kier molecular flexibility index (Phi) is 3.65. The minimum absolute atomic E-state index is 0.0226. The van der Waals surface area contributed by atoms with Gasteiger partial charge in [-0.2, -0.15) is 0 Å². The molecule has 1 aliphatic rings. The van der Waals surface area contributed by atoms with Crippen LogP contribution in [0.1, 0.15) is 31.9 Å². The first-order chi connectivity index (χ1) is 8.63. The van der Waals surface area contributed by atoms with E-state index in [9.17, 15) is 9.59 Å². The second-order valence-electron chi connectivity index (χ2n) is 4.41. The quantitative estimate of drug-likeness (QED) is 0.771. The van der Waals surface area contributed by atoms with Crippen molar-refractivity contribution in [3.05, 3.63) is 35.8 Å². The predicted molar refractivity (Wildman–Crippen MR) is 65.0 cm³/mol. The fourth-order valence-electron chi connectivity index (χ4n) is 2.40. The zero-order chi connectivity index (χ0) is 13.1. The maximum atomic E-state index is 12.0. The molecule has 0 N–H and O–H groups in total. The van der Waals surface area contributed by atoms with Gasteiger partial charge in [-0.15, -0.1) is 0 Å². The van der Waals surface area contributed by atoms with Gasteiger partial charge in [0.2, 0.25) is 0 Å². The van der Waals surface area contributed by atoms with Crippen LogP contribution in [0.3, 0.4) is 0 Å². The molecule has 4 nitrogen and oxygen atoms in total. The van der Waals surface area contributed by atoms with Crippen molar-refractivity contribution in [3.8, 4) is 0 Å². The molecule has 1 aromatic rings. The zero-order valence-corrected chi connectivity index (χ0v) is 10.5. The van der Waals surface area contributed by atoms with Crippen LogP contribution < -0.4 is 0 Å². The van der Waals surface area contributed by atoms with Crippen LogP contribution in [0.2, 0.25) is 0 Å². The first-order valence-corrected chi connectivity index (χ1v) is 6.04. The Bertz CT molecular complexity index is 470. The third kappa shape index (κ3) is 2.37. The lowest BCUT2D eigenvalue weighted by atomic mass is 9.77. The van der Waals surface area contributed by atoms with Gasteiger partial charge < -0.3 is 9.15 Å². The molecule has 2 atom stereocenters. The molecule has 0 aliphatic heterocycles. The molecule has 0 saturated heterocycles. The van der Waals surface area contributed by atoms with Gasteiger partial charge in [0, 0.05) is 12.3 Å². The van der Waals surface area contributed by atoms with Crippen molar-refractivity contribution in [1.29, 1.82) is 0 Å². The standard InChI is InChI=1S/C14H16O4/c1-3-17-14(16)13-9(2)7-10(15)8-11(13)12-5-4-6-18-12/h4-7,11,13H,3,8H2,1-2H3/t11-,13-/m1/s1. The van der Waals surface area contributed by atoms with Crippen molar-refractivity contribution < 1.29 is 18.7 Å². The third-order valence-corrected chi connectivity index (χ3v) is 3.15. The first-order valence-electron chi connectivity index (χ1n) is 6.04. The molecule has 1 aliphatic carbocycles. The van der Waals surface area contributed by atoms with Crippen molar-refractivity contribution in [1.82, 2.24) is 0 Å². The number of ketones is 1. The van der Waals surface area contributed by atoms with Gasteiger partial charge in [0.1, 0.15) is 5.76 Å². The van der Waals surface area contributed by atoms with Crippen LogP contribution in [-0.4, -0.2) is 18.4 Å². The lowest BCUT2D eigenvalue weighted by Crippen LogP contribution is -2.30. The number of hydrogen-bond acceptors (Lipinski definition) is 4. The summed E-state index contributed by atoms with van der Waals surface area (Å²) in [7, 11) is 0. The molecule has 0 unspecified atom stereocenters. The number of furan rings is 1. The molecule has 0 fully saturated rings. The summed E-state index contributed by atoms with van der Waals surface area (Å²) in [5.74, 6) is -0.284. The van der Waals surface area contributed by atoms with Gasteiger partial charge in [-0.1, -0.05) is 5.57 Å². The Labute approximate surface area is 106 Å². The zero-order valence-electron chi connectivity index (χ0n) is 10.5. The fraction of sp³-hybridized carbons (Fsp3) is 0.429. The number of ether oxygens (including phenoxy) is 1. The van der Waals surface area contributed by atoms with Gasteiger partial charge in [0.15, 0.2) is 5.78 Å². The number of rotatable bonds is 3. The SMILES string of the molecule is CCOC(=O)[C@@H]1C(C)=CC(=O)C[C@@H]1c1ccco1. The van der Waals surface area contributed by atoms with Crippen molar-refractivity contribution in [2.45, 2.75) is 26.2 Å². The molecule has 96 valence electrons. The Morgan fingerprint density at radius 2 is 2.33 bits per heavy atom. The van der Waals surface area contributed by atoms with Crippen LogP contribution >= 0.6 is 0 Å². The summed E-state index contributed by atoms with van der Waals surface area (Å²) >= 11 is 0. The second kappa shape index (κ2) is 5.21. The van der Waals surface area contributed by atoms with Crippen molar-refractivity contribution in [3.63, 3.8) is 0 Å². The summed E-state index contributed by atoms with van der Waals surface area (Å²) in [6.45, 7) is 3.89. The summed E-state index contributed by atoms with van der Waals surface area (Å²) in [6.07, 6.45) is 3.37. The molecule has 1 heterocycles. The van der Waals surface area contributed by atoms with Gasteiger partial charge in [0.25, 0.3) is 0 Å². The second-order valence-corrected chi connectivity index (χ2v) is 4.41. The van der Waals surface area contributed by atoms with Gasteiger partial charge in [-0.3, -0.25) is 9.59 Å². The lowest BCUT2D eigenvalue weighted by molar-refractivity contribution is -0.147. The van der Waals surface area contributed by atoms with Crippen LogP contribution in [0.5, 0.6) is 0 Å². The summed E-state index contributed by atoms with van der Waals surface area (Å²) in [6, 6.07) is 3.55. The average molecular weight is 248 g/mol. The highest BCUT2D eigenvalue weighted by Gasteiger charge is 2.38. The Hall–Kier alpha value is -1.84. The number of allylic oxidation sites excluding steroid dienone is 1. The minimum atomic E-state index is -0.422. The Morgan fingerprint density at radius 1 is 1.56 bits per heavy atom. The molecule has 0 bridgehead atoms. The van der Waals surface area contributed by atoms with E-state index in [1.54, 1.807) is 32.2 Å². The molecule has 2 rings (SSSR count). The van der Waals surface area contributed by atoms with Crippen molar-refractivity contribution >= 4 is 11.8 Å². The molecule has 0 amide bonds. The highest BCUT2D eigenvalue weighted by Crippen LogP contribution is 2.37. The molecule has 1 aromatic heterocycles. The van der Waals surface area contributed by atoms with Crippen LogP contribution in [0.4, 0.5) is 0 Å². The lowest BCUT2D eigenvalue weighted by Gasteiger charge is -2.27. The molecular formula is C14H16O4. The molecule has 0 spiro atoms. The molecule has 4 heteroatoms. The Morgan fingerprint density at radius 3 is 2.94 bits per heavy atom. The summed E-state index contributed by atoms with van der Waals surface area (Å²) in [4.78, 5) is 23.6. The molecule has 0 saturated carbocycles. The Balaban J connectivity index is 2.33. The van der Waals surface area contributed by atoms with E-state index in [1.165, 1.54) is 6.08 Å². The van der Waals surface area contributed by atoms with E-state index in [2.05, 4.69) is 0 Å². The van der Waals surface area contributed by atoms with E-state index in [0.29, 0.717) is 12.4 Å². The topological polar surface area (TPSA) is 56.5 Å². The van der Waals surface area contributed by atoms with E-state index in [4.69, 9.17) is 9.15 Å². The van der Waals surface area contributed by atoms with Crippen molar-refractivity contribution in [2.75, 3.05) is 6.61 Å². The van der Waals surface area contributed by atoms with Gasteiger partial charge >= 0.3 is 5.97 Å². The number of esters is 1. The van der Waals surface area contributed by atoms with Crippen LogP contribution in [0.25, 0.3) is 0 Å². The monoisotopic (exact) mass is 248 g/mol. The fourth-order valence-corrected chi connectivity index (χ4v) is 2.40. The number of carbonyl (C=O) groups excluding carboxylic acids is 2. The summed E-state index contributed by atoms with van der Waals surface area (Å²) in [5.41, 5.74) is 0.742. The average Bonchev–Trinajstić information content (AvgIpc) is 2.81. The normalized spacial score (nSPS) is 23.7. The smallest absolute Gasteiger partial charge is 0.313 e. The largest absolute Gasteiger partial charge is 0.469 e. The highest BCUT2D eigenvalue weighted by atomic mass is 16.5. The molecule has 0 radical (unpaired) electrons. The van der Waals surface area contributed by atoms with Crippen LogP contribution in [0, 0.1) is 5.92 Å². The molecule has 18 heavy (non-hydrogen) atoms. The first kappa shape index (κ1) is 12.6. The third-order valence-electron chi connectivity index (χ3n) is 3.15. The summed E-state index contributed by atoms with van der Waals surface area (Å²) in [5, 5.41) is 0. The van der Waals surface area contributed by atoms with Crippen molar-refractivity contribution in [2.24, 2.45) is 5.92 Å². The van der Waals surface area contributed by atoms with Gasteiger partial charge in [-0.25, -0.2) is 0 Å². The van der Waals surface area contributed by atoms with E-state index in [1.807, 2.05) is 0 Å². The maximum absolute atomic E-state index is 12.0. The highest BCUT2D eigenvalue weighted by molar-refractivity contribution is 5.95. The maximum Gasteiger partial charge on any atom is 0.313 e. The van der Waals surface area contributed by atoms with Crippen LogP contribution in [-0.2, 0) is 14.3 Å². The number of hydrogen-bond donors (Lipinski definition) is 0. The van der Waals surface area contributed by atoms with E-state index in [-0.39, 0.29) is 24.1 Å².